The second-order valence-corrected chi connectivity index (χ2v) is 6.23. The molecule has 2 heterocycles. The molecule has 1 aromatic rings. The molecule has 1 saturated heterocycles. The highest BCUT2D eigenvalue weighted by atomic mass is 16.7. The lowest BCUT2D eigenvalue weighted by atomic mass is 9.81. The number of carboxylic acid groups (broad SMARTS) is 1. The van der Waals surface area contributed by atoms with Crippen molar-refractivity contribution in [3.8, 4) is 0 Å². The summed E-state index contributed by atoms with van der Waals surface area (Å²) in [5.74, 6) is -3.72. The van der Waals surface area contributed by atoms with Crippen molar-refractivity contribution >= 4 is 23.7 Å². The maximum atomic E-state index is 12.7. The molecule has 28 heavy (non-hydrogen) atoms. The van der Waals surface area contributed by atoms with Crippen molar-refractivity contribution < 1.29 is 47.8 Å². The van der Waals surface area contributed by atoms with Crippen molar-refractivity contribution in [3.05, 3.63) is 30.6 Å². The number of aliphatic carboxylic acids is 1. The summed E-state index contributed by atoms with van der Waals surface area (Å²) in [5.41, 5.74) is -1.97. The Hall–Kier alpha value is -2.85. The zero-order valence-corrected chi connectivity index (χ0v) is 15.9. The van der Waals surface area contributed by atoms with E-state index in [4.69, 9.17) is 18.9 Å². The fourth-order valence-electron chi connectivity index (χ4n) is 3.30. The van der Waals surface area contributed by atoms with Gasteiger partial charge in [0.05, 0.1) is 0 Å². The van der Waals surface area contributed by atoms with Crippen molar-refractivity contribution in [1.82, 2.24) is 0 Å². The second-order valence-electron chi connectivity index (χ2n) is 6.23. The average Bonchev–Trinajstić information content (AvgIpc) is 2.62. The first-order chi connectivity index (χ1) is 13.1. The summed E-state index contributed by atoms with van der Waals surface area (Å²) in [6.45, 7) is 3.33. The number of carbonyl (C=O) groups is 4. The van der Waals surface area contributed by atoms with E-state index >= 15 is 0 Å². The lowest BCUT2D eigenvalue weighted by molar-refractivity contribution is -0.782. The fraction of sp³-hybridized carbons (Fsp3) is 0.500. The van der Waals surface area contributed by atoms with E-state index in [1.807, 2.05) is 0 Å². The van der Waals surface area contributed by atoms with Gasteiger partial charge in [-0.1, -0.05) is 6.07 Å². The van der Waals surface area contributed by atoms with Gasteiger partial charge in [0, 0.05) is 33.1 Å². The summed E-state index contributed by atoms with van der Waals surface area (Å²) in [7, 11) is 1.20. The van der Waals surface area contributed by atoms with Crippen LogP contribution in [0.3, 0.4) is 0 Å². The summed E-state index contributed by atoms with van der Waals surface area (Å²) >= 11 is 0. The van der Waals surface area contributed by atoms with Crippen molar-refractivity contribution in [1.29, 1.82) is 0 Å². The Balaban J connectivity index is 2.73. The van der Waals surface area contributed by atoms with Crippen LogP contribution in [0.15, 0.2) is 30.6 Å². The van der Waals surface area contributed by atoms with Crippen LogP contribution in [0, 0.1) is 0 Å². The van der Waals surface area contributed by atoms with Gasteiger partial charge in [-0.25, -0.2) is 4.79 Å². The lowest BCUT2D eigenvalue weighted by Crippen LogP contribution is -2.74. The van der Waals surface area contributed by atoms with Gasteiger partial charge in [-0.05, 0) is 6.92 Å². The monoisotopic (exact) mass is 396 g/mol. The Labute approximate surface area is 160 Å². The number of hydrogen-bond donors (Lipinski definition) is 1. The van der Waals surface area contributed by atoms with Crippen LogP contribution in [0.25, 0.3) is 0 Å². The van der Waals surface area contributed by atoms with Gasteiger partial charge in [-0.3, -0.25) is 19.1 Å². The molecule has 1 aliphatic rings. The number of hydrogen-bond acceptors (Lipinski definition) is 8. The van der Waals surface area contributed by atoms with E-state index in [1.165, 1.54) is 31.0 Å². The number of esters is 2. The smallest absolute Gasteiger partial charge is 0.337 e. The first-order valence-corrected chi connectivity index (χ1v) is 8.39. The second kappa shape index (κ2) is 8.44. The molecule has 10 nitrogen and oxygen atoms in total. The minimum Gasteiger partial charge on any atom is -0.479 e. The molecule has 0 aliphatic carbocycles. The van der Waals surface area contributed by atoms with E-state index in [9.17, 15) is 24.3 Å². The molecule has 10 heteroatoms. The van der Waals surface area contributed by atoms with Crippen LogP contribution in [0.2, 0.25) is 0 Å². The SMILES string of the molecule is CO[C@]1(C(C)=O)[C@@H](OC(C)=O)[C@H](OC(C)=O)[C@@H](C(=O)O)O[C@H]1[n+]1ccccc1. The standard InChI is InChI=1S/C18H21NO9/c1-10(20)18(25-4)15(27-12(3)22)13(26-11(2)21)14(16(23)24)28-17(18)19-8-6-5-7-9-19/h5-9,13-15,17H,1-4H3/p+1/t13-,14+,15+,17-,18-/m1/s1. The van der Waals surface area contributed by atoms with Crippen molar-refractivity contribution in [2.45, 2.75) is 50.9 Å². The molecule has 0 bridgehead atoms. The molecule has 1 aromatic heterocycles. The molecule has 0 radical (unpaired) electrons. The number of Topliss-reactive ketones (excluding diaryl/α,β-unsaturated/α-hetero) is 1. The van der Waals surface area contributed by atoms with E-state index < -0.39 is 53.8 Å². The van der Waals surface area contributed by atoms with Crippen molar-refractivity contribution in [2.24, 2.45) is 0 Å². The summed E-state index contributed by atoms with van der Waals surface area (Å²) in [6, 6.07) is 4.98. The topological polar surface area (TPSA) is 129 Å². The molecule has 0 spiro atoms. The predicted octanol–water partition coefficient (Wildman–Crippen LogP) is -0.206. The van der Waals surface area contributed by atoms with Crippen molar-refractivity contribution in [3.63, 3.8) is 0 Å². The molecule has 1 aliphatic heterocycles. The fourth-order valence-corrected chi connectivity index (χ4v) is 3.30. The number of pyridine rings is 1. The van der Waals surface area contributed by atoms with E-state index in [-0.39, 0.29) is 0 Å². The molecule has 0 saturated carbocycles. The quantitative estimate of drug-likeness (QED) is 0.513. The Morgan fingerprint density at radius 2 is 1.57 bits per heavy atom. The lowest BCUT2D eigenvalue weighted by Gasteiger charge is -2.46. The minimum atomic E-state index is -1.97. The maximum Gasteiger partial charge on any atom is 0.337 e. The molecule has 0 aromatic carbocycles. The van der Waals surface area contributed by atoms with E-state index in [0.29, 0.717) is 0 Å². The maximum absolute atomic E-state index is 12.7. The van der Waals surface area contributed by atoms with Crippen LogP contribution >= 0.6 is 0 Å². The zero-order chi connectivity index (χ0) is 21.1. The largest absolute Gasteiger partial charge is 0.479 e. The molecule has 2 rings (SSSR count). The van der Waals surface area contributed by atoms with Gasteiger partial charge in [0.15, 0.2) is 30.4 Å². The summed E-state index contributed by atoms with van der Waals surface area (Å²) < 4.78 is 23.0. The number of carboxylic acids is 1. The Morgan fingerprint density at radius 1 is 1.00 bits per heavy atom. The highest BCUT2D eigenvalue weighted by Gasteiger charge is 2.68. The van der Waals surface area contributed by atoms with E-state index in [1.54, 1.807) is 18.2 Å². The minimum absolute atomic E-state index is 0.608. The predicted molar refractivity (Wildman–Crippen MR) is 89.7 cm³/mol. The third kappa shape index (κ3) is 3.87. The van der Waals surface area contributed by atoms with Gasteiger partial charge in [0.2, 0.25) is 6.10 Å². The van der Waals surface area contributed by atoms with Crippen LogP contribution in [0.4, 0.5) is 0 Å². The zero-order valence-electron chi connectivity index (χ0n) is 15.9. The van der Waals surface area contributed by atoms with Gasteiger partial charge in [-0.2, -0.15) is 4.57 Å². The van der Waals surface area contributed by atoms with Crippen LogP contribution in [-0.4, -0.2) is 59.8 Å². The van der Waals surface area contributed by atoms with Gasteiger partial charge >= 0.3 is 24.1 Å². The number of nitrogens with zero attached hydrogens (tertiary/aromatic N) is 1. The van der Waals surface area contributed by atoms with Gasteiger partial charge in [-0.15, -0.1) is 0 Å². The van der Waals surface area contributed by atoms with Gasteiger partial charge in [0.25, 0.3) is 5.60 Å². The third-order valence-corrected chi connectivity index (χ3v) is 4.40. The molecule has 1 fully saturated rings. The molecule has 152 valence electrons. The molecule has 0 unspecified atom stereocenters. The van der Waals surface area contributed by atoms with Gasteiger partial charge in [0.1, 0.15) is 0 Å². The van der Waals surface area contributed by atoms with Crippen LogP contribution in [0.1, 0.15) is 27.0 Å². The number of ketones is 1. The Morgan fingerprint density at radius 3 is 2.00 bits per heavy atom. The van der Waals surface area contributed by atoms with E-state index in [2.05, 4.69) is 0 Å². The number of aromatic nitrogens is 1. The molecular formula is C18H22NO9+. The number of carbonyl (C=O) groups excluding carboxylic acids is 3. The first-order valence-electron chi connectivity index (χ1n) is 8.39. The Bertz CT molecular complexity index is 766. The number of ether oxygens (including phenoxy) is 4. The van der Waals surface area contributed by atoms with Crippen molar-refractivity contribution in [2.75, 3.05) is 7.11 Å². The normalized spacial score (nSPS) is 29.6. The molecule has 5 atom stereocenters. The van der Waals surface area contributed by atoms with Crippen LogP contribution < -0.4 is 4.57 Å². The number of rotatable bonds is 6. The van der Waals surface area contributed by atoms with Gasteiger partial charge < -0.3 is 19.3 Å². The molecule has 0 amide bonds. The van der Waals surface area contributed by atoms with Crippen LogP contribution in [0.5, 0.6) is 0 Å². The summed E-state index contributed by atoms with van der Waals surface area (Å²) in [4.78, 5) is 47.9. The van der Waals surface area contributed by atoms with Crippen LogP contribution in [-0.2, 0) is 38.1 Å². The Kier molecular flexibility index (Phi) is 6.47. The third-order valence-electron chi connectivity index (χ3n) is 4.40. The molecular weight excluding hydrogens is 374 g/mol. The highest BCUT2D eigenvalue weighted by Crippen LogP contribution is 2.40. The van der Waals surface area contributed by atoms with E-state index in [0.717, 1.165) is 13.8 Å². The average molecular weight is 396 g/mol. The molecule has 1 N–H and O–H groups in total. The summed E-state index contributed by atoms with van der Waals surface area (Å²) in [6.07, 6.45) is -3.12. The first kappa shape index (κ1) is 21.5. The highest BCUT2D eigenvalue weighted by molar-refractivity contribution is 5.87. The summed E-state index contributed by atoms with van der Waals surface area (Å²) in [5, 5.41) is 9.63. The number of methoxy groups -OCH3 is 1.